The number of hydrogen-bond acceptors (Lipinski definition) is 3. The Bertz CT molecular complexity index is 674. The van der Waals surface area contributed by atoms with Crippen LogP contribution in [0.4, 0.5) is 13.2 Å². The second-order valence-electron chi connectivity index (χ2n) is 7.27. The average molecular weight is 383 g/mol. The molecule has 0 aliphatic carbocycles. The highest BCUT2D eigenvalue weighted by Gasteiger charge is 2.33. The maximum Gasteiger partial charge on any atom is 0.416 e. The standard InChI is InChI=1S/C19H24F3N3O2/c1-23-10-12-25(13-11-23)18(27)15-6-8-24(9-7-15)17(26)14-2-4-16(5-3-14)19(20,21)22/h2-5,15H,6-13H2,1H3. The predicted octanol–water partition coefficient (Wildman–Crippen LogP) is 2.33. The second-order valence-corrected chi connectivity index (χ2v) is 7.27. The van der Waals surface area contributed by atoms with Crippen LogP contribution in [0.1, 0.15) is 28.8 Å². The molecule has 148 valence electrons. The normalized spacial score (nSPS) is 20.0. The van der Waals surface area contributed by atoms with Gasteiger partial charge in [0.2, 0.25) is 5.91 Å². The Hall–Kier alpha value is -2.09. The molecule has 8 heteroatoms. The van der Waals surface area contributed by atoms with E-state index in [1.165, 1.54) is 12.1 Å². The van der Waals surface area contributed by atoms with Gasteiger partial charge in [-0.15, -0.1) is 0 Å². The van der Waals surface area contributed by atoms with Gasteiger partial charge in [0.1, 0.15) is 0 Å². The number of carbonyl (C=O) groups is 2. The highest BCUT2D eigenvalue weighted by atomic mass is 19.4. The Kier molecular flexibility index (Phi) is 5.74. The van der Waals surface area contributed by atoms with Crippen LogP contribution in [0.2, 0.25) is 0 Å². The summed E-state index contributed by atoms with van der Waals surface area (Å²) in [5.74, 6) is -0.205. The zero-order valence-corrected chi connectivity index (χ0v) is 15.3. The van der Waals surface area contributed by atoms with Crippen LogP contribution in [-0.4, -0.2) is 72.8 Å². The number of piperidine rings is 1. The maximum atomic E-state index is 12.6. The molecule has 0 N–H and O–H groups in total. The molecule has 2 saturated heterocycles. The summed E-state index contributed by atoms with van der Waals surface area (Å²) in [5.41, 5.74) is -0.526. The molecule has 0 saturated carbocycles. The molecule has 5 nitrogen and oxygen atoms in total. The van der Waals surface area contributed by atoms with Crippen molar-refractivity contribution < 1.29 is 22.8 Å². The van der Waals surface area contributed by atoms with Crippen molar-refractivity contribution in [3.05, 3.63) is 35.4 Å². The predicted molar refractivity (Wildman–Crippen MR) is 94.1 cm³/mol. The van der Waals surface area contributed by atoms with E-state index in [4.69, 9.17) is 0 Å². The van der Waals surface area contributed by atoms with Crippen molar-refractivity contribution in [3.63, 3.8) is 0 Å². The molecule has 2 heterocycles. The number of hydrogen-bond donors (Lipinski definition) is 0. The first-order valence-corrected chi connectivity index (χ1v) is 9.19. The van der Waals surface area contributed by atoms with Gasteiger partial charge in [-0.1, -0.05) is 0 Å². The SMILES string of the molecule is CN1CCN(C(=O)C2CCN(C(=O)c3ccc(C(F)(F)F)cc3)CC2)CC1. The molecule has 2 aliphatic rings. The van der Waals surface area contributed by atoms with Crippen molar-refractivity contribution >= 4 is 11.8 Å². The van der Waals surface area contributed by atoms with Crippen LogP contribution >= 0.6 is 0 Å². The topological polar surface area (TPSA) is 43.9 Å². The molecular weight excluding hydrogens is 359 g/mol. The summed E-state index contributed by atoms with van der Waals surface area (Å²) in [6, 6.07) is 4.28. The molecule has 2 amide bonds. The van der Waals surface area contributed by atoms with Crippen LogP contribution in [0, 0.1) is 5.92 Å². The van der Waals surface area contributed by atoms with E-state index in [2.05, 4.69) is 4.90 Å². The molecule has 2 fully saturated rings. The van der Waals surface area contributed by atoms with E-state index in [0.717, 1.165) is 38.3 Å². The summed E-state index contributed by atoms with van der Waals surface area (Å²) in [6.07, 6.45) is -3.22. The lowest BCUT2D eigenvalue weighted by Gasteiger charge is -2.37. The Balaban J connectivity index is 1.54. The van der Waals surface area contributed by atoms with Gasteiger partial charge in [-0.05, 0) is 44.2 Å². The first-order valence-electron chi connectivity index (χ1n) is 9.19. The van der Waals surface area contributed by atoms with Crippen molar-refractivity contribution in [2.45, 2.75) is 19.0 Å². The number of nitrogens with zero attached hydrogens (tertiary/aromatic N) is 3. The van der Waals surface area contributed by atoms with E-state index in [9.17, 15) is 22.8 Å². The van der Waals surface area contributed by atoms with Crippen LogP contribution in [0.25, 0.3) is 0 Å². The van der Waals surface area contributed by atoms with Crippen LogP contribution in [-0.2, 0) is 11.0 Å². The lowest BCUT2D eigenvalue weighted by molar-refractivity contribution is -0.138. The van der Waals surface area contributed by atoms with Crippen molar-refractivity contribution in [1.82, 2.24) is 14.7 Å². The summed E-state index contributed by atoms with van der Waals surface area (Å²) >= 11 is 0. The fraction of sp³-hybridized carbons (Fsp3) is 0.579. The Labute approximate surface area is 156 Å². The fourth-order valence-corrected chi connectivity index (χ4v) is 3.60. The quantitative estimate of drug-likeness (QED) is 0.787. The second kappa shape index (κ2) is 7.88. The molecule has 0 radical (unpaired) electrons. The Morgan fingerprint density at radius 2 is 1.44 bits per heavy atom. The number of benzene rings is 1. The third-order valence-electron chi connectivity index (χ3n) is 5.41. The molecule has 1 aromatic rings. The van der Waals surface area contributed by atoms with Gasteiger partial charge in [0.15, 0.2) is 0 Å². The smallest absolute Gasteiger partial charge is 0.340 e. The van der Waals surface area contributed by atoms with Gasteiger partial charge in [-0.25, -0.2) is 0 Å². The van der Waals surface area contributed by atoms with Crippen LogP contribution in [0.3, 0.4) is 0 Å². The van der Waals surface area contributed by atoms with E-state index < -0.39 is 11.7 Å². The Morgan fingerprint density at radius 1 is 0.889 bits per heavy atom. The van der Waals surface area contributed by atoms with E-state index in [1.54, 1.807) is 4.90 Å². The summed E-state index contributed by atoms with van der Waals surface area (Å²) in [4.78, 5) is 30.9. The third kappa shape index (κ3) is 4.61. The number of alkyl halides is 3. The van der Waals surface area contributed by atoms with Gasteiger partial charge >= 0.3 is 6.18 Å². The first-order chi connectivity index (χ1) is 12.8. The fourth-order valence-electron chi connectivity index (χ4n) is 3.60. The molecule has 0 unspecified atom stereocenters. The van der Waals surface area contributed by atoms with Crippen LogP contribution in [0.5, 0.6) is 0 Å². The molecule has 0 bridgehead atoms. The number of rotatable bonds is 2. The molecule has 0 atom stereocenters. The van der Waals surface area contributed by atoms with E-state index in [-0.39, 0.29) is 23.3 Å². The first kappa shape index (κ1) is 19.7. The van der Waals surface area contributed by atoms with Crippen molar-refractivity contribution in [1.29, 1.82) is 0 Å². The zero-order valence-electron chi connectivity index (χ0n) is 15.3. The van der Waals surface area contributed by atoms with Gasteiger partial charge in [0.25, 0.3) is 5.91 Å². The monoisotopic (exact) mass is 383 g/mol. The minimum atomic E-state index is -4.41. The van der Waals surface area contributed by atoms with Crippen molar-refractivity contribution in [2.24, 2.45) is 5.92 Å². The lowest BCUT2D eigenvalue weighted by Crippen LogP contribution is -2.51. The van der Waals surface area contributed by atoms with Gasteiger partial charge < -0.3 is 14.7 Å². The number of piperazine rings is 1. The lowest BCUT2D eigenvalue weighted by atomic mass is 9.94. The number of carbonyl (C=O) groups excluding carboxylic acids is 2. The molecule has 1 aromatic carbocycles. The van der Waals surface area contributed by atoms with Crippen molar-refractivity contribution in [2.75, 3.05) is 46.3 Å². The van der Waals surface area contributed by atoms with Gasteiger partial charge in [0, 0.05) is 50.7 Å². The summed E-state index contributed by atoms with van der Waals surface area (Å²) < 4.78 is 37.9. The van der Waals surface area contributed by atoms with Gasteiger partial charge in [-0.3, -0.25) is 9.59 Å². The van der Waals surface area contributed by atoms with Gasteiger partial charge in [0.05, 0.1) is 5.56 Å². The molecule has 2 aliphatic heterocycles. The molecule has 27 heavy (non-hydrogen) atoms. The average Bonchev–Trinajstić information content (AvgIpc) is 2.67. The highest BCUT2D eigenvalue weighted by molar-refractivity contribution is 5.94. The molecular formula is C19H24F3N3O2. The van der Waals surface area contributed by atoms with Crippen molar-refractivity contribution in [3.8, 4) is 0 Å². The molecule has 3 rings (SSSR count). The minimum Gasteiger partial charge on any atom is -0.340 e. The van der Waals surface area contributed by atoms with Crippen LogP contribution < -0.4 is 0 Å². The summed E-state index contributed by atoms with van der Waals surface area (Å²) in [6.45, 7) is 4.11. The third-order valence-corrected chi connectivity index (χ3v) is 5.41. The van der Waals surface area contributed by atoms with E-state index >= 15 is 0 Å². The molecule has 0 spiro atoms. The molecule has 0 aromatic heterocycles. The highest BCUT2D eigenvalue weighted by Crippen LogP contribution is 2.29. The maximum absolute atomic E-state index is 12.6. The minimum absolute atomic E-state index is 0.0786. The number of halogens is 3. The summed E-state index contributed by atoms with van der Waals surface area (Å²) in [5, 5.41) is 0. The van der Waals surface area contributed by atoms with E-state index in [1.807, 2.05) is 11.9 Å². The van der Waals surface area contributed by atoms with Gasteiger partial charge in [-0.2, -0.15) is 13.2 Å². The number of likely N-dealkylation sites (tertiary alicyclic amines) is 1. The zero-order chi connectivity index (χ0) is 19.6. The van der Waals surface area contributed by atoms with E-state index in [0.29, 0.717) is 25.9 Å². The number of likely N-dealkylation sites (N-methyl/N-ethyl adjacent to an activating group) is 1. The van der Waals surface area contributed by atoms with Crippen LogP contribution in [0.15, 0.2) is 24.3 Å². The largest absolute Gasteiger partial charge is 0.416 e. The Morgan fingerprint density at radius 3 is 1.96 bits per heavy atom. The number of amides is 2. The summed E-state index contributed by atoms with van der Waals surface area (Å²) in [7, 11) is 2.03.